The Hall–Kier alpha value is -2.25. The molecule has 116 valence electrons. The first-order valence-corrected chi connectivity index (χ1v) is 5.94. The number of carbonyl (C=O) groups is 2. The predicted molar refractivity (Wildman–Crippen MR) is 70.3 cm³/mol. The molecule has 0 aliphatic carbocycles. The standard InChI is InChI=1S/C13H15F3N2O3/c1-12(2,3)18-11(21)17-9-6-7(13(14,15)16)4-5-8(9)10(19)20/h4-6H,1-3H3,(H,19,20)(H2,17,18,21). The van der Waals surface area contributed by atoms with Gasteiger partial charge in [-0.25, -0.2) is 9.59 Å². The van der Waals surface area contributed by atoms with Gasteiger partial charge in [-0.1, -0.05) is 0 Å². The minimum Gasteiger partial charge on any atom is -0.478 e. The molecule has 0 saturated heterocycles. The molecule has 2 amide bonds. The van der Waals surface area contributed by atoms with Crippen LogP contribution in [0.3, 0.4) is 0 Å². The van der Waals surface area contributed by atoms with E-state index < -0.39 is 40.5 Å². The van der Waals surface area contributed by atoms with Crippen LogP contribution in [0.1, 0.15) is 36.7 Å². The third-order valence-corrected chi connectivity index (χ3v) is 2.31. The molecular formula is C13H15F3N2O3. The molecule has 1 aromatic rings. The Morgan fingerprint density at radius 3 is 2.14 bits per heavy atom. The Morgan fingerprint density at radius 1 is 1.14 bits per heavy atom. The maximum absolute atomic E-state index is 12.6. The number of aromatic carboxylic acids is 1. The SMILES string of the molecule is CC(C)(C)NC(=O)Nc1cc(C(F)(F)F)ccc1C(=O)O. The number of rotatable bonds is 2. The first-order chi connectivity index (χ1) is 9.40. The zero-order chi connectivity index (χ0) is 16.4. The smallest absolute Gasteiger partial charge is 0.416 e. The summed E-state index contributed by atoms with van der Waals surface area (Å²) in [5.74, 6) is -1.44. The van der Waals surface area contributed by atoms with Crippen molar-refractivity contribution >= 4 is 17.7 Å². The van der Waals surface area contributed by atoms with Crippen LogP contribution in [0.15, 0.2) is 18.2 Å². The van der Waals surface area contributed by atoms with E-state index in [0.29, 0.717) is 12.1 Å². The average molecular weight is 304 g/mol. The normalized spacial score (nSPS) is 11.9. The fraction of sp³-hybridized carbons (Fsp3) is 0.385. The van der Waals surface area contributed by atoms with Gasteiger partial charge in [-0.3, -0.25) is 0 Å². The van der Waals surface area contributed by atoms with E-state index in [1.807, 2.05) is 0 Å². The molecule has 8 heteroatoms. The van der Waals surface area contributed by atoms with Crippen molar-refractivity contribution in [2.24, 2.45) is 0 Å². The van der Waals surface area contributed by atoms with Gasteiger partial charge < -0.3 is 15.7 Å². The summed E-state index contributed by atoms with van der Waals surface area (Å²) < 4.78 is 37.9. The monoisotopic (exact) mass is 304 g/mol. The van der Waals surface area contributed by atoms with E-state index in [9.17, 15) is 22.8 Å². The highest BCUT2D eigenvalue weighted by atomic mass is 19.4. The number of halogens is 3. The maximum Gasteiger partial charge on any atom is 0.416 e. The van der Waals surface area contributed by atoms with Crippen LogP contribution >= 0.6 is 0 Å². The van der Waals surface area contributed by atoms with Crippen LogP contribution in [-0.2, 0) is 6.18 Å². The highest BCUT2D eigenvalue weighted by Gasteiger charge is 2.32. The molecule has 21 heavy (non-hydrogen) atoms. The Bertz CT molecular complexity index is 563. The van der Waals surface area contributed by atoms with E-state index in [4.69, 9.17) is 5.11 Å². The number of anilines is 1. The van der Waals surface area contributed by atoms with Crippen molar-refractivity contribution in [3.63, 3.8) is 0 Å². The fourth-order valence-electron chi connectivity index (χ4n) is 1.50. The molecule has 0 atom stereocenters. The molecule has 0 saturated carbocycles. The largest absolute Gasteiger partial charge is 0.478 e. The van der Waals surface area contributed by atoms with Gasteiger partial charge in [0.25, 0.3) is 0 Å². The van der Waals surface area contributed by atoms with Crippen LogP contribution in [0.5, 0.6) is 0 Å². The van der Waals surface area contributed by atoms with Crippen molar-refractivity contribution in [3.05, 3.63) is 29.3 Å². The summed E-state index contributed by atoms with van der Waals surface area (Å²) in [6, 6.07) is 1.25. The number of hydrogen-bond acceptors (Lipinski definition) is 2. The second kappa shape index (κ2) is 5.63. The van der Waals surface area contributed by atoms with Crippen molar-refractivity contribution in [2.45, 2.75) is 32.5 Å². The molecule has 3 N–H and O–H groups in total. The Kier molecular flexibility index (Phi) is 4.50. The highest BCUT2D eigenvalue weighted by Crippen LogP contribution is 2.32. The minimum atomic E-state index is -4.63. The van der Waals surface area contributed by atoms with Crippen LogP contribution < -0.4 is 10.6 Å². The van der Waals surface area contributed by atoms with Gasteiger partial charge in [0.15, 0.2) is 0 Å². The van der Waals surface area contributed by atoms with Gasteiger partial charge in [0.1, 0.15) is 0 Å². The molecule has 0 fully saturated rings. The predicted octanol–water partition coefficient (Wildman–Crippen LogP) is 3.32. The van der Waals surface area contributed by atoms with E-state index in [1.165, 1.54) is 0 Å². The molecule has 0 spiro atoms. The van der Waals surface area contributed by atoms with Crippen molar-refractivity contribution in [1.29, 1.82) is 0 Å². The lowest BCUT2D eigenvalue weighted by atomic mass is 10.1. The van der Waals surface area contributed by atoms with Crippen molar-refractivity contribution < 1.29 is 27.9 Å². The zero-order valence-corrected chi connectivity index (χ0v) is 11.6. The van der Waals surface area contributed by atoms with Crippen LogP contribution in [0, 0.1) is 0 Å². The van der Waals surface area contributed by atoms with Crippen LogP contribution in [-0.4, -0.2) is 22.6 Å². The topological polar surface area (TPSA) is 78.4 Å². The second-order valence-corrected chi connectivity index (χ2v) is 5.39. The number of hydrogen-bond donors (Lipinski definition) is 3. The summed E-state index contributed by atoms with van der Waals surface area (Å²) in [7, 11) is 0. The van der Waals surface area contributed by atoms with Crippen molar-refractivity contribution in [3.8, 4) is 0 Å². The summed E-state index contributed by atoms with van der Waals surface area (Å²) in [6.45, 7) is 5.03. The molecule has 5 nitrogen and oxygen atoms in total. The van der Waals surface area contributed by atoms with Crippen LogP contribution in [0.2, 0.25) is 0 Å². The number of carbonyl (C=O) groups excluding carboxylic acids is 1. The van der Waals surface area contributed by atoms with E-state index in [-0.39, 0.29) is 0 Å². The Morgan fingerprint density at radius 2 is 1.71 bits per heavy atom. The molecule has 1 aromatic carbocycles. The number of carboxylic acids is 1. The number of nitrogens with one attached hydrogen (secondary N) is 2. The Labute approximate surface area is 119 Å². The number of alkyl halides is 3. The van der Waals surface area contributed by atoms with Gasteiger partial charge in [-0.05, 0) is 39.0 Å². The molecule has 0 bridgehead atoms. The Balaban J connectivity index is 3.13. The summed E-state index contributed by atoms with van der Waals surface area (Å²) in [4.78, 5) is 22.7. The third kappa shape index (κ3) is 4.97. The van der Waals surface area contributed by atoms with Crippen molar-refractivity contribution in [2.75, 3.05) is 5.32 Å². The van der Waals surface area contributed by atoms with E-state index >= 15 is 0 Å². The lowest BCUT2D eigenvalue weighted by Gasteiger charge is -2.21. The number of carboxylic acid groups (broad SMARTS) is 1. The first-order valence-electron chi connectivity index (χ1n) is 5.94. The van der Waals surface area contributed by atoms with Gasteiger partial charge in [0.2, 0.25) is 0 Å². The quantitative estimate of drug-likeness (QED) is 0.784. The number of urea groups is 1. The van der Waals surface area contributed by atoms with Gasteiger partial charge in [-0.15, -0.1) is 0 Å². The summed E-state index contributed by atoms with van der Waals surface area (Å²) in [5.41, 5.74) is -2.50. The van der Waals surface area contributed by atoms with Gasteiger partial charge in [-0.2, -0.15) is 13.2 Å². The van der Waals surface area contributed by atoms with E-state index in [2.05, 4.69) is 10.6 Å². The van der Waals surface area contributed by atoms with Crippen molar-refractivity contribution in [1.82, 2.24) is 5.32 Å². The van der Waals surface area contributed by atoms with E-state index in [0.717, 1.165) is 6.07 Å². The summed E-state index contributed by atoms with van der Waals surface area (Å²) >= 11 is 0. The molecule has 0 heterocycles. The maximum atomic E-state index is 12.6. The third-order valence-electron chi connectivity index (χ3n) is 2.31. The number of benzene rings is 1. The van der Waals surface area contributed by atoms with Crippen LogP contribution in [0.4, 0.5) is 23.7 Å². The van der Waals surface area contributed by atoms with E-state index in [1.54, 1.807) is 20.8 Å². The minimum absolute atomic E-state index is 0.418. The lowest BCUT2D eigenvalue weighted by molar-refractivity contribution is -0.137. The first kappa shape index (κ1) is 16.8. The van der Waals surface area contributed by atoms with Gasteiger partial charge in [0, 0.05) is 5.54 Å². The molecule has 1 rings (SSSR count). The van der Waals surface area contributed by atoms with Gasteiger partial charge >= 0.3 is 18.2 Å². The average Bonchev–Trinajstić information content (AvgIpc) is 2.24. The molecule has 0 radical (unpaired) electrons. The zero-order valence-electron chi connectivity index (χ0n) is 11.6. The molecule has 0 aromatic heterocycles. The summed E-state index contributed by atoms with van der Waals surface area (Å²) in [5, 5.41) is 13.5. The van der Waals surface area contributed by atoms with Crippen LogP contribution in [0.25, 0.3) is 0 Å². The summed E-state index contributed by atoms with van der Waals surface area (Å²) in [6.07, 6.45) is -4.63. The second-order valence-electron chi connectivity index (χ2n) is 5.39. The number of amides is 2. The highest BCUT2D eigenvalue weighted by molar-refractivity contribution is 6.00. The van der Waals surface area contributed by atoms with Gasteiger partial charge in [0.05, 0.1) is 16.8 Å². The molecule has 0 unspecified atom stereocenters. The molecule has 0 aliphatic heterocycles. The lowest BCUT2D eigenvalue weighted by Crippen LogP contribution is -2.43. The molecular weight excluding hydrogens is 289 g/mol. The molecule has 0 aliphatic rings. The fourth-order valence-corrected chi connectivity index (χ4v) is 1.50.